The molecule has 3 aromatic heterocycles. The van der Waals surface area contributed by atoms with Gasteiger partial charge < -0.3 is 5.32 Å². The number of carbonyl (C=O) groups excluding carboxylic acids is 1. The minimum atomic E-state index is -0.0909. The quantitative estimate of drug-likeness (QED) is 0.497. The second-order valence-electron chi connectivity index (χ2n) is 7.08. The van der Waals surface area contributed by atoms with Gasteiger partial charge in [0, 0.05) is 28.7 Å². The molecule has 0 atom stereocenters. The van der Waals surface area contributed by atoms with Crippen molar-refractivity contribution >= 4 is 22.9 Å². The van der Waals surface area contributed by atoms with Crippen LogP contribution < -0.4 is 5.32 Å². The molecule has 0 radical (unpaired) electrons. The van der Waals surface area contributed by atoms with Crippen molar-refractivity contribution in [2.75, 3.05) is 5.32 Å². The van der Waals surface area contributed by atoms with E-state index in [0.29, 0.717) is 11.4 Å². The number of hydrogen-bond acceptors (Lipinski definition) is 4. The Labute approximate surface area is 174 Å². The Hall–Kier alpha value is -3.25. The predicted octanol–water partition coefficient (Wildman–Crippen LogP) is 5.23. The van der Waals surface area contributed by atoms with E-state index in [9.17, 15) is 4.79 Å². The second-order valence-corrected chi connectivity index (χ2v) is 8.24. The molecule has 0 bridgehead atoms. The average Bonchev–Trinajstić information content (AvgIpc) is 3.30. The van der Waals surface area contributed by atoms with E-state index in [1.54, 1.807) is 6.20 Å². The summed E-state index contributed by atoms with van der Waals surface area (Å²) in [6.07, 6.45) is 3.60. The first kappa shape index (κ1) is 19.1. The molecule has 0 aliphatic rings. The number of amides is 1. The number of aryl methyl sites for hydroxylation is 3. The zero-order valence-electron chi connectivity index (χ0n) is 16.6. The Balaban J connectivity index is 1.47. The molecular formula is C23H22N4OS. The Bertz CT molecular complexity index is 1160. The van der Waals surface area contributed by atoms with Crippen molar-refractivity contribution in [1.82, 2.24) is 14.8 Å². The molecule has 0 unspecified atom stereocenters. The first-order valence-electron chi connectivity index (χ1n) is 9.42. The second kappa shape index (κ2) is 8.01. The zero-order valence-corrected chi connectivity index (χ0v) is 17.5. The largest absolute Gasteiger partial charge is 0.321 e. The number of anilines is 1. The normalized spacial score (nSPS) is 10.9. The molecule has 4 rings (SSSR count). The van der Waals surface area contributed by atoms with Gasteiger partial charge in [-0.05, 0) is 73.9 Å². The van der Waals surface area contributed by atoms with Gasteiger partial charge in [0.1, 0.15) is 0 Å². The van der Waals surface area contributed by atoms with Gasteiger partial charge in [0.2, 0.25) is 0 Å². The molecule has 1 aromatic carbocycles. The SMILES string of the molecule is Cc1cc(C)n(Cc2ccc(C(=O)Nc3ccc(-c4cccnc4)cc3C)s2)n1. The molecule has 4 aromatic rings. The molecule has 146 valence electrons. The Kier molecular flexibility index (Phi) is 5.27. The molecule has 0 fully saturated rings. The number of aromatic nitrogens is 3. The summed E-state index contributed by atoms with van der Waals surface area (Å²) in [5.41, 5.74) is 6.08. The molecule has 1 N–H and O–H groups in total. The maximum Gasteiger partial charge on any atom is 0.265 e. The molecule has 6 heteroatoms. The van der Waals surface area contributed by atoms with Crippen molar-refractivity contribution in [3.8, 4) is 11.1 Å². The lowest BCUT2D eigenvalue weighted by Crippen LogP contribution is -2.11. The summed E-state index contributed by atoms with van der Waals surface area (Å²) in [5, 5.41) is 7.52. The number of nitrogens with one attached hydrogen (secondary N) is 1. The van der Waals surface area contributed by atoms with Crippen molar-refractivity contribution in [2.45, 2.75) is 27.3 Å². The van der Waals surface area contributed by atoms with Crippen LogP contribution in [0.2, 0.25) is 0 Å². The van der Waals surface area contributed by atoms with Crippen LogP contribution in [0.5, 0.6) is 0 Å². The summed E-state index contributed by atoms with van der Waals surface area (Å²) in [6.45, 7) is 6.70. The lowest BCUT2D eigenvalue weighted by Gasteiger charge is -2.10. The van der Waals surface area contributed by atoms with Crippen LogP contribution in [-0.4, -0.2) is 20.7 Å². The van der Waals surface area contributed by atoms with Gasteiger partial charge in [0.05, 0.1) is 17.1 Å². The average molecular weight is 403 g/mol. The van der Waals surface area contributed by atoms with Crippen molar-refractivity contribution in [2.24, 2.45) is 0 Å². The molecule has 0 spiro atoms. The highest BCUT2D eigenvalue weighted by Crippen LogP contribution is 2.26. The molecule has 1 amide bonds. The monoisotopic (exact) mass is 402 g/mol. The van der Waals surface area contributed by atoms with Gasteiger partial charge in [-0.3, -0.25) is 14.5 Å². The van der Waals surface area contributed by atoms with E-state index >= 15 is 0 Å². The third kappa shape index (κ3) is 4.27. The van der Waals surface area contributed by atoms with Crippen LogP contribution in [0, 0.1) is 20.8 Å². The Morgan fingerprint density at radius 2 is 1.93 bits per heavy atom. The predicted molar refractivity (Wildman–Crippen MR) is 117 cm³/mol. The number of thiophene rings is 1. The molecule has 3 heterocycles. The van der Waals surface area contributed by atoms with Crippen LogP contribution in [0.25, 0.3) is 11.1 Å². The van der Waals surface area contributed by atoms with E-state index in [1.807, 2.05) is 68.0 Å². The Morgan fingerprint density at radius 3 is 2.62 bits per heavy atom. The number of nitrogens with zero attached hydrogens (tertiary/aromatic N) is 3. The van der Waals surface area contributed by atoms with Crippen LogP contribution in [0.3, 0.4) is 0 Å². The molecule has 0 saturated heterocycles. The highest BCUT2D eigenvalue weighted by molar-refractivity contribution is 7.14. The maximum absolute atomic E-state index is 12.7. The number of rotatable bonds is 5. The van der Waals surface area contributed by atoms with E-state index in [2.05, 4.69) is 27.5 Å². The lowest BCUT2D eigenvalue weighted by molar-refractivity contribution is 0.103. The Morgan fingerprint density at radius 1 is 1.07 bits per heavy atom. The van der Waals surface area contributed by atoms with Gasteiger partial charge in [-0.15, -0.1) is 11.3 Å². The van der Waals surface area contributed by atoms with Crippen LogP contribution in [0.15, 0.2) is 60.9 Å². The van der Waals surface area contributed by atoms with E-state index in [0.717, 1.165) is 38.6 Å². The first-order chi connectivity index (χ1) is 14.0. The third-order valence-corrected chi connectivity index (χ3v) is 5.83. The van der Waals surface area contributed by atoms with Crippen LogP contribution in [0.4, 0.5) is 5.69 Å². The van der Waals surface area contributed by atoms with Gasteiger partial charge in [0.15, 0.2) is 0 Å². The van der Waals surface area contributed by atoms with Gasteiger partial charge >= 0.3 is 0 Å². The summed E-state index contributed by atoms with van der Waals surface area (Å²) in [4.78, 5) is 18.7. The van der Waals surface area contributed by atoms with E-state index in [-0.39, 0.29) is 5.91 Å². The van der Waals surface area contributed by atoms with Gasteiger partial charge in [0.25, 0.3) is 5.91 Å². The minimum Gasteiger partial charge on any atom is -0.321 e. The van der Waals surface area contributed by atoms with Crippen molar-refractivity contribution < 1.29 is 4.79 Å². The minimum absolute atomic E-state index is 0.0909. The summed E-state index contributed by atoms with van der Waals surface area (Å²) in [7, 11) is 0. The lowest BCUT2D eigenvalue weighted by atomic mass is 10.0. The fourth-order valence-corrected chi connectivity index (χ4v) is 4.15. The maximum atomic E-state index is 12.7. The third-order valence-electron chi connectivity index (χ3n) is 4.76. The molecular weight excluding hydrogens is 380 g/mol. The van der Waals surface area contributed by atoms with Crippen LogP contribution in [0.1, 0.15) is 31.5 Å². The molecule has 0 aliphatic heterocycles. The molecule has 29 heavy (non-hydrogen) atoms. The summed E-state index contributed by atoms with van der Waals surface area (Å²) in [6, 6.07) is 15.9. The number of hydrogen-bond donors (Lipinski definition) is 1. The smallest absolute Gasteiger partial charge is 0.265 e. The van der Waals surface area contributed by atoms with Crippen molar-refractivity contribution in [3.05, 3.63) is 87.6 Å². The summed E-state index contributed by atoms with van der Waals surface area (Å²) in [5.74, 6) is -0.0909. The number of pyridine rings is 1. The van der Waals surface area contributed by atoms with Gasteiger partial charge in [-0.2, -0.15) is 5.10 Å². The van der Waals surface area contributed by atoms with Crippen LogP contribution in [-0.2, 0) is 6.54 Å². The standard InChI is InChI=1S/C23H22N4OS/c1-15-11-18(19-5-4-10-24-13-19)6-8-21(15)25-23(28)22-9-7-20(29-22)14-27-17(3)12-16(2)26-27/h4-13H,14H2,1-3H3,(H,25,28). The van der Waals surface area contributed by atoms with Crippen molar-refractivity contribution in [1.29, 1.82) is 0 Å². The molecule has 5 nitrogen and oxygen atoms in total. The molecule has 0 saturated carbocycles. The fourth-order valence-electron chi connectivity index (χ4n) is 3.27. The van der Waals surface area contributed by atoms with Crippen LogP contribution >= 0.6 is 11.3 Å². The highest BCUT2D eigenvalue weighted by Gasteiger charge is 2.12. The number of benzene rings is 1. The summed E-state index contributed by atoms with van der Waals surface area (Å²) >= 11 is 1.50. The van der Waals surface area contributed by atoms with E-state index in [1.165, 1.54) is 11.3 Å². The highest BCUT2D eigenvalue weighted by atomic mass is 32.1. The zero-order chi connectivity index (χ0) is 20.4. The van der Waals surface area contributed by atoms with E-state index in [4.69, 9.17) is 0 Å². The summed E-state index contributed by atoms with van der Waals surface area (Å²) < 4.78 is 1.96. The topological polar surface area (TPSA) is 59.8 Å². The van der Waals surface area contributed by atoms with Gasteiger partial charge in [-0.1, -0.05) is 12.1 Å². The van der Waals surface area contributed by atoms with Gasteiger partial charge in [-0.25, -0.2) is 0 Å². The van der Waals surface area contributed by atoms with Crippen molar-refractivity contribution in [3.63, 3.8) is 0 Å². The fraction of sp³-hybridized carbons (Fsp3) is 0.174. The number of carbonyl (C=O) groups is 1. The van der Waals surface area contributed by atoms with E-state index < -0.39 is 0 Å². The first-order valence-corrected chi connectivity index (χ1v) is 10.2. The molecule has 0 aliphatic carbocycles.